The van der Waals surface area contributed by atoms with E-state index in [4.69, 9.17) is 15.2 Å². The van der Waals surface area contributed by atoms with Gasteiger partial charge < -0.3 is 15.1 Å². The van der Waals surface area contributed by atoms with Crippen molar-refractivity contribution in [3.63, 3.8) is 0 Å². The fourth-order valence-electron chi connectivity index (χ4n) is 4.14. The lowest BCUT2D eigenvalue weighted by molar-refractivity contribution is -0.133. The average molecular weight is 428 g/mol. The molecule has 2 aromatic heterocycles. The molecule has 0 spiro atoms. The van der Waals surface area contributed by atoms with Crippen LogP contribution < -0.4 is 5.73 Å². The van der Waals surface area contributed by atoms with E-state index in [1.54, 1.807) is 0 Å². The first kappa shape index (κ1) is 20.0. The summed E-state index contributed by atoms with van der Waals surface area (Å²) in [5.41, 5.74) is 9.37. The highest BCUT2D eigenvalue weighted by molar-refractivity contribution is 5.78. The Labute approximate surface area is 185 Å². The number of aromatic nitrogens is 4. The van der Waals surface area contributed by atoms with Crippen LogP contribution in [0.2, 0.25) is 0 Å². The van der Waals surface area contributed by atoms with Crippen LogP contribution in [0.15, 0.2) is 71.1 Å². The highest BCUT2D eigenvalue weighted by atomic mass is 16.4. The second kappa shape index (κ2) is 8.66. The van der Waals surface area contributed by atoms with Gasteiger partial charge in [-0.15, -0.1) is 5.10 Å². The molecule has 0 radical (unpaired) electrons. The number of piperidine rings is 1. The summed E-state index contributed by atoms with van der Waals surface area (Å²) in [6.07, 6.45) is 1.54. The normalized spacial score (nSPS) is 14.6. The number of benzene rings is 2. The van der Waals surface area contributed by atoms with E-state index in [-0.39, 0.29) is 24.4 Å². The van der Waals surface area contributed by atoms with Crippen LogP contribution >= 0.6 is 0 Å². The Morgan fingerprint density at radius 1 is 0.969 bits per heavy atom. The molecule has 2 N–H and O–H groups in total. The zero-order valence-electron chi connectivity index (χ0n) is 17.6. The van der Waals surface area contributed by atoms with E-state index in [0.717, 1.165) is 35.4 Å². The van der Waals surface area contributed by atoms with Gasteiger partial charge in [-0.3, -0.25) is 9.48 Å². The van der Waals surface area contributed by atoms with E-state index in [0.29, 0.717) is 19.0 Å². The highest BCUT2D eigenvalue weighted by Gasteiger charge is 2.28. The second-order valence-corrected chi connectivity index (χ2v) is 7.94. The van der Waals surface area contributed by atoms with E-state index in [1.165, 1.54) is 0 Å². The van der Waals surface area contributed by atoms with E-state index in [2.05, 4.69) is 10.2 Å². The quantitative estimate of drug-likeness (QED) is 0.521. The highest BCUT2D eigenvalue weighted by Crippen LogP contribution is 2.29. The van der Waals surface area contributed by atoms with Gasteiger partial charge >= 0.3 is 6.01 Å². The molecule has 1 aliphatic rings. The summed E-state index contributed by atoms with van der Waals surface area (Å²) in [6, 6.07) is 22.2. The van der Waals surface area contributed by atoms with Crippen LogP contribution in [-0.2, 0) is 11.3 Å². The monoisotopic (exact) mass is 428 g/mol. The Bertz CT molecular complexity index is 1190. The summed E-state index contributed by atoms with van der Waals surface area (Å²) in [5, 5.41) is 12.5. The predicted octanol–water partition coefficient (Wildman–Crippen LogP) is 3.59. The number of carbonyl (C=O) groups excluding carboxylic acids is 1. The lowest BCUT2D eigenvalue weighted by atomic mass is 9.97. The number of rotatable bonds is 5. The van der Waals surface area contributed by atoms with Crippen LogP contribution in [0.1, 0.15) is 24.7 Å². The summed E-state index contributed by atoms with van der Waals surface area (Å²) >= 11 is 0. The van der Waals surface area contributed by atoms with Crippen LogP contribution in [0, 0.1) is 0 Å². The van der Waals surface area contributed by atoms with Gasteiger partial charge in [0.25, 0.3) is 0 Å². The lowest BCUT2D eigenvalue weighted by Gasteiger charge is -2.30. The second-order valence-electron chi connectivity index (χ2n) is 7.94. The summed E-state index contributed by atoms with van der Waals surface area (Å²) in [4.78, 5) is 15.0. The molecule has 0 saturated carbocycles. The molecule has 0 bridgehead atoms. The zero-order chi connectivity index (χ0) is 21.9. The molecule has 0 aliphatic carbocycles. The maximum Gasteiger partial charge on any atom is 0.312 e. The van der Waals surface area contributed by atoms with E-state index < -0.39 is 0 Å². The Kier molecular flexibility index (Phi) is 5.41. The topological polar surface area (TPSA) is 103 Å². The Morgan fingerprint density at radius 2 is 1.62 bits per heavy atom. The number of anilines is 1. The molecule has 0 atom stereocenters. The molecule has 1 fully saturated rings. The predicted molar refractivity (Wildman–Crippen MR) is 120 cm³/mol. The van der Waals surface area contributed by atoms with Crippen molar-refractivity contribution in [2.45, 2.75) is 25.3 Å². The molecule has 4 aromatic rings. The molecule has 32 heavy (non-hydrogen) atoms. The standard InChI is InChI=1S/C24H24N6O2/c25-24-27-26-23(32-24)19-11-13-29(14-12-19)22(31)16-30-21(18-9-5-2-6-10-18)15-20(28-30)17-7-3-1-4-8-17/h1-10,15,19H,11-14,16H2,(H2,25,27). The van der Waals surface area contributed by atoms with Gasteiger partial charge in [-0.1, -0.05) is 65.8 Å². The number of hydrogen-bond donors (Lipinski definition) is 1. The SMILES string of the molecule is Nc1nnc(C2CCN(C(=O)Cn3nc(-c4ccccc4)cc3-c3ccccc3)CC2)o1. The first-order chi connectivity index (χ1) is 15.7. The molecule has 1 saturated heterocycles. The summed E-state index contributed by atoms with van der Waals surface area (Å²) < 4.78 is 7.17. The third kappa shape index (κ3) is 4.12. The minimum Gasteiger partial charge on any atom is -0.408 e. The number of nitrogens with zero attached hydrogens (tertiary/aromatic N) is 5. The van der Waals surface area contributed by atoms with E-state index in [9.17, 15) is 4.79 Å². The fraction of sp³-hybridized carbons (Fsp3) is 0.250. The summed E-state index contributed by atoms with van der Waals surface area (Å²) in [6.45, 7) is 1.47. The molecule has 0 unspecified atom stereocenters. The van der Waals surface area contributed by atoms with Gasteiger partial charge in [-0.05, 0) is 24.5 Å². The van der Waals surface area contributed by atoms with Crippen LogP contribution in [0.3, 0.4) is 0 Å². The Morgan fingerprint density at radius 3 is 2.25 bits per heavy atom. The average Bonchev–Trinajstić information content (AvgIpc) is 3.47. The van der Waals surface area contributed by atoms with Gasteiger partial charge in [0.1, 0.15) is 6.54 Å². The van der Waals surface area contributed by atoms with Crippen LogP contribution in [-0.4, -0.2) is 43.9 Å². The fourth-order valence-corrected chi connectivity index (χ4v) is 4.14. The number of nitrogens with two attached hydrogens (primary N) is 1. The minimum atomic E-state index is 0.0494. The number of carbonyl (C=O) groups is 1. The van der Waals surface area contributed by atoms with E-state index >= 15 is 0 Å². The molecule has 5 rings (SSSR count). The Balaban J connectivity index is 1.34. The van der Waals surface area contributed by atoms with Crippen molar-refractivity contribution >= 4 is 11.9 Å². The molecule has 2 aromatic carbocycles. The lowest BCUT2D eigenvalue weighted by Crippen LogP contribution is -2.40. The molecule has 1 amide bonds. The summed E-state index contributed by atoms with van der Waals surface area (Å²) in [7, 11) is 0. The van der Waals surface area contributed by atoms with Crippen LogP contribution in [0.5, 0.6) is 0 Å². The van der Waals surface area contributed by atoms with Gasteiger partial charge in [-0.25, -0.2) is 0 Å². The molecule has 162 valence electrons. The van der Waals surface area contributed by atoms with Crippen molar-refractivity contribution in [3.8, 4) is 22.5 Å². The van der Waals surface area contributed by atoms with Crippen LogP contribution in [0.25, 0.3) is 22.5 Å². The number of nitrogen functional groups attached to an aromatic ring is 1. The maximum absolute atomic E-state index is 13.1. The third-order valence-electron chi connectivity index (χ3n) is 5.86. The van der Waals surface area contributed by atoms with Gasteiger partial charge in [0, 0.05) is 24.6 Å². The van der Waals surface area contributed by atoms with Crippen molar-refractivity contribution in [2.75, 3.05) is 18.8 Å². The molecule has 1 aliphatic heterocycles. The molecule has 8 nitrogen and oxygen atoms in total. The van der Waals surface area contributed by atoms with Crippen molar-refractivity contribution in [1.29, 1.82) is 0 Å². The molecule has 8 heteroatoms. The number of likely N-dealkylation sites (tertiary alicyclic amines) is 1. The Hall–Kier alpha value is -3.94. The maximum atomic E-state index is 13.1. The van der Waals surface area contributed by atoms with Crippen LogP contribution in [0.4, 0.5) is 6.01 Å². The van der Waals surface area contributed by atoms with Gasteiger partial charge in [0.15, 0.2) is 0 Å². The molecular formula is C24H24N6O2. The molecular weight excluding hydrogens is 404 g/mol. The van der Waals surface area contributed by atoms with Gasteiger partial charge in [-0.2, -0.15) is 5.10 Å². The van der Waals surface area contributed by atoms with Crippen molar-refractivity contribution in [3.05, 3.63) is 72.6 Å². The number of amides is 1. The van der Waals surface area contributed by atoms with Gasteiger partial charge in [0.2, 0.25) is 11.8 Å². The van der Waals surface area contributed by atoms with Crippen molar-refractivity contribution in [2.24, 2.45) is 0 Å². The largest absolute Gasteiger partial charge is 0.408 e. The van der Waals surface area contributed by atoms with Crippen molar-refractivity contribution < 1.29 is 9.21 Å². The first-order valence-corrected chi connectivity index (χ1v) is 10.7. The zero-order valence-corrected chi connectivity index (χ0v) is 17.6. The van der Waals surface area contributed by atoms with Gasteiger partial charge in [0.05, 0.1) is 11.4 Å². The van der Waals surface area contributed by atoms with Crippen molar-refractivity contribution in [1.82, 2.24) is 24.9 Å². The minimum absolute atomic E-state index is 0.0494. The first-order valence-electron chi connectivity index (χ1n) is 10.7. The number of hydrogen-bond acceptors (Lipinski definition) is 6. The summed E-state index contributed by atoms with van der Waals surface area (Å²) in [5.74, 6) is 0.743. The third-order valence-corrected chi connectivity index (χ3v) is 5.86. The smallest absolute Gasteiger partial charge is 0.312 e. The van der Waals surface area contributed by atoms with E-state index in [1.807, 2.05) is 76.3 Å². The molecule has 3 heterocycles.